The number of anilines is 1. The molecule has 0 aliphatic carbocycles. The summed E-state index contributed by atoms with van der Waals surface area (Å²) in [6.45, 7) is 1.14. The molecule has 41 heavy (non-hydrogen) atoms. The number of nitrogens with zero attached hydrogens (tertiary/aromatic N) is 6. The lowest BCUT2D eigenvalue weighted by Gasteiger charge is -2.42. The van der Waals surface area contributed by atoms with Gasteiger partial charge in [0.2, 0.25) is 0 Å². The number of benzene rings is 1. The van der Waals surface area contributed by atoms with E-state index in [0.717, 1.165) is 53.6 Å². The fourth-order valence-corrected chi connectivity index (χ4v) is 6.17. The number of halogens is 3. The standard InChI is InChI=1S/C26H27F3N6O5S/c27-16-7-14(8-17(28)22(16)29)18-11-35(33-31-18)23-24(37)20(39-21(12-36)25(23)38)10-15-9-19(40-32-15)13-1-4-34(5-2-13)26-30-3-6-41-26/h3,6-9,11,13,20-21,23-25,36-38H,1-2,4-5,10,12H2/t20-,21-,23-,24+,25+/m1/s1. The van der Waals surface area contributed by atoms with E-state index in [1.54, 1.807) is 17.5 Å². The molecule has 4 aromatic rings. The maximum Gasteiger partial charge on any atom is 0.194 e. The molecule has 11 nitrogen and oxygen atoms in total. The van der Waals surface area contributed by atoms with Crippen LogP contribution in [0.5, 0.6) is 0 Å². The van der Waals surface area contributed by atoms with Gasteiger partial charge < -0.3 is 29.5 Å². The van der Waals surface area contributed by atoms with E-state index in [4.69, 9.17) is 9.26 Å². The van der Waals surface area contributed by atoms with E-state index in [0.29, 0.717) is 5.69 Å². The Kier molecular flexibility index (Phi) is 7.78. The van der Waals surface area contributed by atoms with Gasteiger partial charge in [0.25, 0.3) is 0 Å². The Morgan fingerprint density at radius 2 is 1.76 bits per heavy atom. The van der Waals surface area contributed by atoms with E-state index in [9.17, 15) is 28.5 Å². The van der Waals surface area contributed by atoms with Gasteiger partial charge in [-0.25, -0.2) is 22.8 Å². The van der Waals surface area contributed by atoms with Crippen LogP contribution in [0, 0.1) is 17.5 Å². The molecule has 1 aromatic carbocycles. The molecule has 5 atom stereocenters. The largest absolute Gasteiger partial charge is 0.394 e. The first kappa shape index (κ1) is 27.8. The topological polar surface area (TPSA) is 143 Å². The predicted octanol–water partition coefficient (Wildman–Crippen LogP) is 2.46. The summed E-state index contributed by atoms with van der Waals surface area (Å²) in [5.74, 6) is -3.48. The van der Waals surface area contributed by atoms with Crippen LogP contribution in [0.2, 0.25) is 0 Å². The van der Waals surface area contributed by atoms with E-state index in [1.165, 1.54) is 6.20 Å². The van der Waals surface area contributed by atoms with Crippen molar-refractivity contribution < 1.29 is 37.8 Å². The van der Waals surface area contributed by atoms with Crippen LogP contribution in [-0.2, 0) is 11.2 Å². The van der Waals surface area contributed by atoms with Gasteiger partial charge in [0, 0.05) is 48.6 Å². The first-order valence-electron chi connectivity index (χ1n) is 13.1. The van der Waals surface area contributed by atoms with Crippen molar-refractivity contribution in [1.82, 2.24) is 25.1 Å². The third-order valence-electron chi connectivity index (χ3n) is 7.66. The summed E-state index contributed by atoms with van der Waals surface area (Å²) in [7, 11) is 0. The number of aromatic nitrogens is 5. The fraction of sp³-hybridized carbons (Fsp3) is 0.462. The number of hydrogen-bond acceptors (Lipinski definition) is 11. The quantitative estimate of drug-likeness (QED) is 0.274. The van der Waals surface area contributed by atoms with E-state index < -0.39 is 54.5 Å². The van der Waals surface area contributed by atoms with Crippen LogP contribution in [-0.4, -0.2) is 84.6 Å². The van der Waals surface area contributed by atoms with Gasteiger partial charge in [0.1, 0.15) is 35.8 Å². The monoisotopic (exact) mass is 592 g/mol. The van der Waals surface area contributed by atoms with Crippen molar-refractivity contribution in [3.05, 3.63) is 64.9 Å². The maximum atomic E-state index is 13.8. The van der Waals surface area contributed by atoms with Crippen LogP contribution in [0.4, 0.5) is 18.3 Å². The van der Waals surface area contributed by atoms with Crippen LogP contribution in [0.3, 0.4) is 0 Å². The predicted molar refractivity (Wildman–Crippen MR) is 139 cm³/mol. The lowest BCUT2D eigenvalue weighted by molar-refractivity contribution is -0.205. The minimum absolute atomic E-state index is 0.00663. The van der Waals surface area contributed by atoms with Crippen molar-refractivity contribution in [3.63, 3.8) is 0 Å². The molecule has 5 heterocycles. The molecule has 0 saturated carbocycles. The number of ether oxygens (including phenoxy) is 1. The Morgan fingerprint density at radius 3 is 2.44 bits per heavy atom. The number of thiazole rings is 1. The third-order valence-corrected chi connectivity index (χ3v) is 8.49. The molecule has 0 radical (unpaired) electrons. The molecular formula is C26H27F3N6O5S. The highest BCUT2D eigenvalue weighted by Crippen LogP contribution is 2.35. The van der Waals surface area contributed by atoms with Crippen LogP contribution < -0.4 is 4.90 Å². The lowest BCUT2D eigenvalue weighted by Crippen LogP contribution is -2.56. The number of aliphatic hydroxyl groups is 3. The minimum Gasteiger partial charge on any atom is -0.394 e. The summed E-state index contributed by atoms with van der Waals surface area (Å²) in [6.07, 6.45) is 0.232. The maximum absolute atomic E-state index is 13.8. The lowest BCUT2D eigenvalue weighted by atomic mass is 9.90. The van der Waals surface area contributed by atoms with Gasteiger partial charge >= 0.3 is 0 Å². The van der Waals surface area contributed by atoms with Crippen molar-refractivity contribution in [2.24, 2.45) is 0 Å². The van der Waals surface area contributed by atoms with E-state index in [2.05, 4.69) is 25.4 Å². The average molecular weight is 593 g/mol. The van der Waals surface area contributed by atoms with Crippen LogP contribution in [0.15, 0.2) is 40.5 Å². The van der Waals surface area contributed by atoms with E-state index in [1.807, 2.05) is 11.4 Å². The Bertz CT molecular complexity index is 1450. The smallest absolute Gasteiger partial charge is 0.194 e. The summed E-state index contributed by atoms with van der Waals surface area (Å²) < 4.78 is 53.5. The van der Waals surface area contributed by atoms with Gasteiger partial charge in [0.05, 0.1) is 24.6 Å². The van der Waals surface area contributed by atoms with Gasteiger partial charge in [-0.1, -0.05) is 10.4 Å². The highest BCUT2D eigenvalue weighted by molar-refractivity contribution is 7.13. The summed E-state index contributed by atoms with van der Waals surface area (Å²) in [4.78, 5) is 6.61. The molecule has 6 rings (SSSR count). The second-order valence-corrected chi connectivity index (χ2v) is 11.1. The fourth-order valence-electron chi connectivity index (χ4n) is 5.47. The number of rotatable bonds is 7. The summed E-state index contributed by atoms with van der Waals surface area (Å²) in [5, 5.41) is 46.9. The molecule has 2 aliphatic rings. The molecular weight excluding hydrogens is 565 g/mol. The number of hydrogen-bond donors (Lipinski definition) is 3. The Balaban J connectivity index is 1.16. The second kappa shape index (κ2) is 11.5. The second-order valence-electron chi connectivity index (χ2n) is 10.2. The Labute approximate surface area is 235 Å². The Hall–Kier alpha value is -3.37. The molecule has 2 fully saturated rings. The van der Waals surface area contributed by atoms with Crippen LogP contribution in [0.1, 0.15) is 36.3 Å². The summed E-state index contributed by atoms with van der Waals surface area (Å²) in [5.41, 5.74) is 0.453. The SMILES string of the molecule is OC[C@H]1O[C@H](Cc2cc(C3CCN(c4nccs4)CC3)on2)[C@H](O)[C@@H](n2cc(-c3cc(F)c(F)c(F)c3)nn2)[C@H]1O. The van der Waals surface area contributed by atoms with Crippen LogP contribution >= 0.6 is 11.3 Å². The molecule has 2 saturated heterocycles. The van der Waals surface area contributed by atoms with Crippen molar-refractivity contribution in [3.8, 4) is 11.3 Å². The molecule has 0 unspecified atom stereocenters. The molecule has 0 spiro atoms. The average Bonchev–Trinajstić information content (AvgIpc) is 3.76. The van der Waals surface area contributed by atoms with Gasteiger partial charge in [-0.15, -0.1) is 16.4 Å². The molecule has 0 amide bonds. The Morgan fingerprint density at radius 1 is 1.02 bits per heavy atom. The van der Waals surface area contributed by atoms with Gasteiger partial charge in [0.15, 0.2) is 22.6 Å². The van der Waals surface area contributed by atoms with Gasteiger partial charge in [-0.2, -0.15) is 0 Å². The number of aliphatic hydroxyl groups excluding tert-OH is 3. The molecule has 218 valence electrons. The van der Waals surface area contributed by atoms with E-state index >= 15 is 0 Å². The van der Waals surface area contributed by atoms with E-state index in [-0.39, 0.29) is 23.6 Å². The normalized spacial score (nSPS) is 25.6. The zero-order valence-corrected chi connectivity index (χ0v) is 22.4. The first-order valence-corrected chi connectivity index (χ1v) is 14.0. The first-order chi connectivity index (χ1) is 19.8. The molecule has 15 heteroatoms. The van der Waals surface area contributed by atoms with Crippen LogP contribution in [0.25, 0.3) is 11.3 Å². The highest BCUT2D eigenvalue weighted by Gasteiger charge is 2.46. The van der Waals surface area contributed by atoms with Crippen molar-refractivity contribution >= 4 is 16.5 Å². The number of piperidine rings is 1. The van der Waals surface area contributed by atoms with Gasteiger partial charge in [-0.05, 0) is 25.0 Å². The molecule has 2 aliphatic heterocycles. The zero-order valence-electron chi connectivity index (χ0n) is 21.6. The van der Waals surface area contributed by atoms with Gasteiger partial charge in [-0.3, -0.25) is 0 Å². The van der Waals surface area contributed by atoms with Crippen molar-refractivity contribution in [1.29, 1.82) is 0 Å². The van der Waals surface area contributed by atoms with Crippen molar-refractivity contribution in [2.75, 3.05) is 24.6 Å². The van der Waals surface area contributed by atoms with Crippen molar-refractivity contribution in [2.45, 2.75) is 55.6 Å². The highest BCUT2D eigenvalue weighted by atomic mass is 32.1. The summed E-state index contributed by atoms with van der Waals surface area (Å²) >= 11 is 1.60. The minimum atomic E-state index is -1.61. The molecule has 3 N–H and O–H groups in total. The molecule has 0 bridgehead atoms. The third kappa shape index (κ3) is 5.47. The molecule has 3 aromatic heterocycles. The summed E-state index contributed by atoms with van der Waals surface area (Å²) in [6, 6.07) is 2.25. The zero-order chi connectivity index (χ0) is 28.7.